The van der Waals surface area contributed by atoms with Gasteiger partial charge in [-0.1, -0.05) is 6.92 Å². The van der Waals surface area contributed by atoms with Gasteiger partial charge in [-0.2, -0.15) is 0 Å². The van der Waals surface area contributed by atoms with Gasteiger partial charge in [-0.25, -0.2) is 0 Å². The molecule has 0 spiro atoms. The van der Waals surface area contributed by atoms with Crippen molar-refractivity contribution in [1.29, 1.82) is 0 Å². The Bertz CT molecular complexity index is 193. The molecule has 88 valence electrons. The van der Waals surface area contributed by atoms with Crippen LogP contribution in [0, 0.1) is 5.41 Å². The fourth-order valence-electron chi connectivity index (χ4n) is 2.09. The molecule has 0 bridgehead atoms. The van der Waals surface area contributed by atoms with Gasteiger partial charge in [0.05, 0.1) is 0 Å². The lowest BCUT2D eigenvalue weighted by atomic mass is 10.1. The van der Waals surface area contributed by atoms with Gasteiger partial charge in [0, 0.05) is 45.8 Å². The van der Waals surface area contributed by atoms with Crippen LogP contribution in [0.2, 0.25) is 0 Å². The van der Waals surface area contributed by atoms with E-state index >= 15 is 0 Å². The number of likely N-dealkylation sites (N-methyl/N-ethyl adjacent to an activating group) is 1. The van der Waals surface area contributed by atoms with Crippen molar-refractivity contribution in [2.75, 3.05) is 52.9 Å². The summed E-state index contributed by atoms with van der Waals surface area (Å²) in [7, 11) is 2.21. The third-order valence-corrected chi connectivity index (χ3v) is 3.86. The second-order valence-corrected chi connectivity index (χ2v) is 5.63. The molecule has 3 heteroatoms. The third-order valence-electron chi connectivity index (χ3n) is 3.86. The zero-order valence-corrected chi connectivity index (χ0v) is 10.3. The van der Waals surface area contributed by atoms with E-state index in [0.717, 1.165) is 0 Å². The molecule has 1 saturated carbocycles. The van der Waals surface area contributed by atoms with Crippen molar-refractivity contribution in [2.24, 2.45) is 5.41 Å². The Morgan fingerprint density at radius 3 is 2.40 bits per heavy atom. The Labute approximate surface area is 93.8 Å². The molecule has 2 fully saturated rings. The predicted molar refractivity (Wildman–Crippen MR) is 64.1 cm³/mol. The number of nitrogens with one attached hydrogen (secondary N) is 1. The minimum Gasteiger partial charge on any atom is -0.315 e. The van der Waals surface area contributed by atoms with E-state index in [2.05, 4.69) is 29.1 Å². The van der Waals surface area contributed by atoms with Crippen LogP contribution in [0.4, 0.5) is 0 Å². The Balaban J connectivity index is 1.50. The molecule has 2 rings (SSSR count). The van der Waals surface area contributed by atoms with E-state index in [1.165, 1.54) is 58.7 Å². The molecule has 15 heavy (non-hydrogen) atoms. The topological polar surface area (TPSA) is 18.5 Å². The first-order chi connectivity index (χ1) is 7.18. The Hall–Kier alpha value is -0.120. The summed E-state index contributed by atoms with van der Waals surface area (Å²) < 4.78 is 0. The van der Waals surface area contributed by atoms with Crippen LogP contribution >= 0.6 is 0 Å². The second kappa shape index (κ2) is 4.81. The molecule has 0 aromatic heterocycles. The van der Waals surface area contributed by atoms with Gasteiger partial charge in [0.1, 0.15) is 0 Å². The lowest BCUT2D eigenvalue weighted by Crippen LogP contribution is -2.46. The van der Waals surface area contributed by atoms with Gasteiger partial charge in [-0.15, -0.1) is 0 Å². The van der Waals surface area contributed by atoms with Crippen LogP contribution in [0.25, 0.3) is 0 Å². The maximum atomic E-state index is 3.59. The maximum Gasteiger partial charge on any atom is 0.0110 e. The smallest absolute Gasteiger partial charge is 0.0110 e. The van der Waals surface area contributed by atoms with Crippen LogP contribution in [0.3, 0.4) is 0 Å². The number of hydrogen-bond donors (Lipinski definition) is 1. The van der Waals surface area contributed by atoms with Crippen LogP contribution in [0.15, 0.2) is 0 Å². The Morgan fingerprint density at radius 2 is 1.80 bits per heavy atom. The average Bonchev–Trinajstić information content (AvgIpc) is 2.95. The highest BCUT2D eigenvalue weighted by Crippen LogP contribution is 2.43. The van der Waals surface area contributed by atoms with E-state index in [0.29, 0.717) is 5.41 Å². The van der Waals surface area contributed by atoms with Gasteiger partial charge in [-0.3, -0.25) is 4.90 Å². The highest BCUT2D eigenvalue weighted by Gasteiger charge is 2.36. The summed E-state index contributed by atoms with van der Waals surface area (Å²) in [6.45, 7) is 11.0. The quantitative estimate of drug-likeness (QED) is 0.673. The molecule has 0 aromatic rings. The second-order valence-electron chi connectivity index (χ2n) is 5.63. The lowest BCUT2D eigenvalue weighted by molar-refractivity contribution is 0.154. The van der Waals surface area contributed by atoms with Crippen molar-refractivity contribution in [3.8, 4) is 0 Å². The summed E-state index contributed by atoms with van der Waals surface area (Å²) in [5, 5.41) is 3.59. The number of hydrogen-bond acceptors (Lipinski definition) is 3. The van der Waals surface area contributed by atoms with E-state index in [1.807, 2.05) is 0 Å². The van der Waals surface area contributed by atoms with E-state index in [9.17, 15) is 0 Å². The fraction of sp³-hybridized carbons (Fsp3) is 1.00. The molecule has 2 aliphatic rings. The molecular weight excluding hydrogens is 186 g/mol. The summed E-state index contributed by atoms with van der Waals surface area (Å²) in [6.07, 6.45) is 2.85. The van der Waals surface area contributed by atoms with Gasteiger partial charge in [0.25, 0.3) is 0 Å². The molecule has 1 aliphatic heterocycles. The summed E-state index contributed by atoms with van der Waals surface area (Å²) in [5.74, 6) is 0. The van der Waals surface area contributed by atoms with Gasteiger partial charge in [0.2, 0.25) is 0 Å². The largest absolute Gasteiger partial charge is 0.315 e. The average molecular weight is 211 g/mol. The minimum absolute atomic E-state index is 0.655. The first-order valence-corrected chi connectivity index (χ1v) is 6.30. The number of piperazine rings is 1. The lowest BCUT2D eigenvalue weighted by Gasteiger charge is -2.32. The summed E-state index contributed by atoms with van der Waals surface area (Å²) in [4.78, 5) is 4.98. The molecule has 1 heterocycles. The van der Waals surface area contributed by atoms with Crippen LogP contribution in [-0.2, 0) is 0 Å². The number of nitrogens with zero attached hydrogens (tertiary/aromatic N) is 2. The summed E-state index contributed by atoms with van der Waals surface area (Å²) in [5.41, 5.74) is 0.655. The van der Waals surface area contributed by atoms with Gasteiger partial charge in [0.15, 0.2) is 0 Å². The number of rotatable bonds is 5. The van der Waals surface area contributed by atoms with Crippen molar-refractivity contribution < 1.29 is 0 Å². The highest BCUT2D eigenvalue weighted by molar-refractivity contribution is 4.90. The maximum absolute atomic E-state index is 3.59. The van der Waals surface area contributed by atoms with Crippen LogP contribution in [-0.4, -0.2) is 62.7 Å². The van der Waals surface area contributed by atoms with Gasteiger partial charge >= 0.3 is 0 Å². The molecule has 0 atom stereocenters. The first-order valence-electron chi connectivity index (χ1n) is 6.30. The fourth-order valence-corrected chi connectivity index (χ4v) is 2.09. The van der Waals surface area contributed by atoms with Crippen LogP contribution in [0.5, 0.6) is 0 Å². The molecule has 0 amide bonds. The molecular formula is C12H25N3. The molecule has 1 N–H and O–H groups in total. The zero-order chi connectivity index (χ0) is 10.7. The van der Waals surface area contributed by atoms with E-state index in [-0.39, 0.29) is 0 Å². The highest BCUT2D eigenvalue weighted by atomic mass is 15.2. The van der Waals surface area contributed by atoms with Crippen molar-refractivity contribution >= 4 is 0 Å². The molecule has 0 aromatic carbocycles. The van der Waals surface area contributed by atoms with Crippen molar-refractivity contribution in [1.82, 2.24) is 15.1 Å². The monoisotopic (exact) mass is 211 g/mol. The molecule has 0 unspecified atom stereocenters. The van der Waals surface area contributed by atoms with E-state index in [4.69, 9.17) is 0 Å². The van der Waals surface area contributed by atoms with Crippen molar-refractivity contribution in [2.45, 2.75) is 19.8 Å². The van der Waals surface area contributed by atoms with Crippen molar-refractivity contribution in [3.05, 3.63) is 0 Å². The van der Waals surface area contributed by atoms with Crippen LogP contribution < -0.4 is 5.32 Å². The molecule has 1 aliphatic carbocycles. The van der Waals surface area contributed by atoms with E-state index in [1.54, 1.807) is 0 Å². The Morgan fingerprint density at radius 1 is 1.13 bits per heavy atom. The molecule has 3 nitrogen and oxygen atoms in total. The van der Waals surface area contributed by atoms with Crippen LogP contribution in [0.1, 0.15) is 19.8 Å². The van der Waals surface area contributed by atoms with E-state index < -0.39 is 0 Å². The molecule has 1 saturated heterocycles. The first kappa shape index (κ1) is 11.4. The SMILES string of the molecule is CN1CCN(CCNCC2(C)CC2)CC1. The van der Waals surface area contributed by atoms with Crippen molar-refractivity contribution in [3.63, 3.8) is 0 Å². The minimum atomic E-state index is 0.655. The Kier molecular flexibility index (Phi) is 3.65. The zero-order valence-electron chi connectivity index (χ0n) is 10.3. The third kappa shape index (κ3) is 3.74. The molecule has 0 radical (unpaired) electrons. The van der Waals surface area contributed by atoms with Gasteiger partial charge in [-0.05, 0) is 25.3 Å². The standard InChI is InChI=1S/C12H25N3/c1-12(3-4-12)11-13-5-6-15-9-7-14(2)8-10-15/h13H,3-11H2,1-2H3. The van der Waals surface area contributed by atoms with Gasteiger partial charge < -0.3 is 10.2 Å². The summed E-state index contributed by atoms with van der Waals surface area (Å²) in [6, 6.07) is 0. The summed E-state index contributed by atoms with van der Waals surface area (Å²) >= 11 is 0. The normalized spacial score (nSPS) is 26.8. The predicted octanol–water partition coefficient (Wildman–Crippen LogP) is 0.623.